The highest BCUT2D eigenvalue weighted by Gasteiger charge is 2.55. The number of epoxide rings is 1. The van der Waals surface area contributed by atoms with Gasteiger partial charge in [-0.2, -0.15) is 0 Å². The normalized spacial score (nSPS) is 39.9. The summed E-state index contributed by atoms with van der Waals surface area (Å²) in [6.45, 7) is 7.66. The van der Waals surface area contributed by atoms with Crippen molar-refractivity contribution in [2.45, 2.75) is 57.3 Å². The fourth-order valence-electron chi connectivity index (χ4n) is 3.42. The molecule has 3 rings (SSSR count). The Morgan fingerprint density at radius 3 is 3.05 bits per heavy atom. The molecule has 0 aromatic heterocycles. The first kappa shape index (κ1) is 15.3. The van der Waals surface area contributed by atoms with E-state index in [2.05, 4.69) is 19.6 Å². The molecule has 3 aliphatic rings. The Morgan fingerprint density at radius 2 is 2.32 bits per heavy atom. The predicted molar refractivity (Wildman–Crippen MR) is 79.0 cm³/mol. The second kappa shape index (κ2) is 5.54. The minimum Gasteiger partial charge on any atom is -0.461 e. The van der Waals surface area contributed by atoms with Crippen molar-refractivity contribution in [3.05, 3.63) is 23.8 Å². The molecule has 22 heavy (non-hydrogen) atoms. The predicted octanol–water partition coefficient (Wildman–Crippen LogP) is 2.31. The highest BCUT2D eigenvalue weighted by molar-refractivity contribution is 5.90. The smallest absolute Gasteiger partial charge is 0.334 e. The molecule has 0 spiro atoms. The monoisotopic (exact) mass is 306 g/mol. The standard InChI is InChI=1S/C17H22O5/c1-10-13-6-4-12(9-20-11(2)18)5-7-15-17(3,22-15)8-14(13)21-16(10)19/h4,13-15H,1,5-9H2,2-3H3/b12-4+/t13-,14+,15+,17+/m1/s1. The molecule has 0 aromatic carbocycles. The van der Waals surface area contributed by atoms with Crippen LogP contribution < -0.4 is 0 Å². The van der Waals surface area contributed by atoms with Crippen molar-refractivity contribution in [1.82, 2.24) is 0 Å². The SMILES string of the molecule is C=C1C(=O)O[C@H]2C[C@]3(C)O[C@H]3CC/C(COC(C)=O)=C\C[C@H]12. The zero-order valence-corrected chi connectivity index (χ0v) is 13.1. The van der Waals surface area contributed by atoms with Gasteiger partial charge in [-0.1, -0.05) is 12.7 Å². The van der Waals surface area contributed by atoms with Crippen LogP contribution in [0.2, 0.25) is 0 Å². The summed E-state index contributed by atoms with van der Waals surface area (Å²) >= 11 is 0. The van der Waals surface area contributed by atoms with Gasteiger partial charge in [0.15, 0.2) is 0 Å². The van der Waals surface area contributed by atoms with Gasteiger partial charge in [0.05, 0.1) is 11.7 Å². The lowest BCUT2D eigenvalue weighted by molar-refractivity contribution is -0.141. The average Bonchev–Trinajstić information content (AvgIpc) is 3.01. The second-order valence-electron chi connectivity index (χ2n) is 6.62. The maximum atomic E-state index is 11.8. The van der Waals surface area contributed by atoms with E-state index in [4.69, 9.17) is 14.2 Å². The zero-order valence-electron chi connectivity index (χ0n) is 13.1. The number of ether oxygens (including phenoxy) is 3. The average molecular weight is 306 g/mol. The van der Waals surface area contributed by atoms with E-state index in [0.29, 0.717) is 18.6 Å². The van der Waals surface area contributed by atoms with Crippen molar-refractivity contribution in [2.75, 3.05) is 6.61 Å². The first-order valence-electron chi connectivity index (χ1n) is 7.78. The number of hydrogen-bond donors (Lipinski definition) is 0. The highest BCUT2D eigenvalue weighted by Crippen LogP contribution is 2.47. The maximum absolute atomic E-state index is 11.8. The van der Waals surface area contributed by atoms with E-state index in [0.717, 1.165) is 24.8 Å². The van der Waals surface area contributed by atoms with Gasteiger partial charge in [0.25, 0.3) is 0 Å². The van der Waals surface area contributed by atoms with Crippen molar-refractivity contribution in [1.29, 1.82) is 0 Å². The maximum Gasteiger partial charge on any atom is 0.334 e. The molecule has 2 heterocycles. The molecule has 120 valence electrons. The summed E-state index contributed by atoms with van der Waals surface area (Å²) in [5, 5.41) is 0. The Morgan fingerprint density at radius 1 is 1.55 bits per heavy atom. The number of esters is 2. The van der Waals surface area contributed by atoms with Gasteiger partial charge >= 0.3 is 11.9 Å². The third kappa shape index (κ3) is 2.95. The third-order valence-electron chi connectivity index (χ3n) is 4.91. The lowest BCUT2D eigenvalue weighted by Crippen LogP contribution is -2.26. The Kier molecular flexibility index (Phi) is 3.85. The summed E-state index contributed by atoms with van der Waals surface area (Å²) in [5.41, 5.74) is 1.40. The lowest BCUT2D eigenvalue weighted by Gasteiger charge is -2.20. The third-order valence-corrected chi connectivity index (χ3v) is 4.91. The summed E-state index contributed by atoms with van der Waals surface area (Å²) in [5.74, 6) is -0.600. The minimum absolute atomic E-state index is 0.0143. The fraction of sp³-hybridized carbons (Fsp3) is 0.647. The number of allylic oxidation sites excluding steroid dienone is 1. The summed E-state index contributed by atoms with van der Waals surface area (Å²) in [6, 6.07) is 0. The van der Waals surface area contributed by atoms with Crippen LogP contribution in [0.1, 0.15) is 39.5 Å². The molecule has 2 fully saturated rings. The van der Waals surface area contributed by atoms with Gasteiger partial charge in [-0.3, -0.25) is 4.79 Å². The largest absolute Gasteiger partial charge is 0.461 e. The van der Waals surface area contributed by atoms with Crippen LogP contribution in [-0.2, 0) is 23.8 Å². The topological polar surface area (TPSA) is 65.1 Å². The summed E-state index contributed by atoms with van der Waals surface area (Å²) in [7, 11) is 0. The van der Waals surface area contributed by atoms with Gasteiger partial charge in [0.2, 0.25) is 0 Å². The number of hydrogen-bond acceptors (Lipinski definition) is 5. The van der Waals surface area contributed by atoms with Gasteiger partial charge in [0, 0.05) is 24.8 Å². The van der Waals surface area contributed by atoms with Gasteiger partial charge in [-0.25, -0.2) is 4.79 Å². The summed E-state index contributed by atoms with van der Waals surface area (Å²) in [4.78, 5) is 22.8. The Bertz CT molecular complexity index is 549. The minimum atomic E-state index is -0.301. The Hall–Kier alpha value is -1.62. The van der Waals surface area contributed by atoms with Crippen molar-refractivity contribution in [2.24, 2.45) is 5.92 Å². The molecule has 0 amide bonds. The van der Waals surface area contributed by atoms with Crippen molar-refractivity contribution in [3.8, 4) is 0 Å². The molecule has 0 unspecified atom stereocenters. The van der Waals surface area contributed by atoms with Crippen molar-refractivity contribution >= 4 is 11.9 Å². The summed E-state index contributed by atoms with van der Waals surface area (Å²) in [6.07, 6.45) is 5.23. The molecule has 0 aromatic rings. The van der Waals surface area contributed by atoms with Crippen LogP contribution in [0, 0.1) is 5.92 Å². The highest BCUT2D eigenvalue weighted by atomic mass is 16.6. The second-order valence-corrected chi connectivity index (χ2v) is 6.62. The van der Waals surface area contributed by atoms with Crippen LogP contribution in [0.4, 0.5) is 0 Å². The van der Waals surface area contributed by atoms with Crippen LogP contribution in [0.15, 0.2) is 23.8 Å². The molecule has 4 atom stereocenters. The molecule has 2 aliphatic heterocycles. The van der Waals surface area contributed by atoms with Crippen LogP contribution in [0.3, 0.4) is 0 Å². The zero-order chi connectivity index (χ0) is 15.9. The van der Waals surface area contributed by atoms with E-state index in [-0.39, 0.29) is 35.7 Å². The van der Waals surface area contributed by atoms with Gasteiger partial charge in [-0.05, 0) is 31.8 Å². The Labute approximate surface area is 130 Å². The number of rotatable bonds is 2. The van der Waals surface area contributed by atoms with E-state index in [1.54, 1.807) is 0 Å². The van der Waals surface area contributed by atoms with Crippen LogP contribution in [0.5, 0.6) is 0 Å². The van der Waals surface area contributed by atoms with Crippen molar-refractivity contribution in [3.63, 3.8) is 0 Å². The molecule has 5 heteroatoms. The van der Waals surface area contributed by atoms with Crippen LogP contribution >= 0.6 is 0 Å². The van der Waals surface area contributed by atoms with Gasteiger partial charge < -0.3 is 14.2 Å². The Balaban J connectivity index is 1.78. The number of carbonyl (C=O) groups excluding carboxylic acids is 2. The molecule has 1 aliphatic carbocycles. The van der Waals surface area contributed by atoms with Crippen LogP contribution in [0.25, 0.3) is 0 Å². The fourth-order valence-corrected chi connectivity index (χ4v) is 3.42. The molecular weight excluding hydrogens is 284 g/mol. The van der Waals surface area contributed by atoms with Crippen molar-refractivity contribution < 1.29 is 23.8 Å². The number of carbonyl (C=O) groups is 2. The van der Waals surface area contributed by atoms with E-state index in [1.807, 2.05) is 0 Å². The van der Waals surface area contributed by atoms with E-state index in [9.17, 15) is 9.59 Å². The molecular formula is C17H22O5. The first-order chi connectivity index (χ1) is 10.4. The lowest BCUT2D eigenvalue weighted by atomic mass is 9.84. The van der Waals surface area contributed by atoms with Gasteiger partial charge in [-0.15, -0.1) is 0 Å². The molecule has 2 saturated heterocycles. The molecule has 0 saturated carbocycles. The molecule has 5 nitrogen and oxygen atoms in total. The molecule has 0 N–H and O–H groups in total. The quantitative estimate of drug-likeness (QED) is 0.339. The first-order valence-corrected chi connectivity index (χ1v) is 7.78. The van der Waals surface area contributed by atoms with Crippen LogP contribution in [-0.4, -0.2) is 36.4 Å². The van der Waals surface area contributed by atoms with E-state index in [1.165, 1.54) is 6.92 Å². The summed E-state index contributed by atoms with van der Waals surface area (Å²) < 4.78 is 16.4. The molecule has 0 bridgehead atoms. The number of fused-ring (bicyclic) bond motifs is 2. The van der Waals surface area contributed by atoms with E-state index >= 15 is 0 Å². The van der Waals surface area contributed by atoms with Gasteiger partial charge in [0.1, 0.15) is 12.7 Å². The van der Waals surface area contributed by atoms with E-state index < -0.39 is 0 Å². The molecule has 0 radical (unpaired) electrons.